The van der Waals surface area contributed by atoms with Crippen molar-refractivity contribution in [2.24, 2.45) is 0 Å². The van der Waals surface area contributed by atoms with Crippen LogP contribution in [0.5, 0.6) is 0 Å². The van der Waals surface area contributed by atoms with Gasteiger partial charge >= 0.3 is 0 Å². The van der Waals surface area contributed by atoms with Crippen LogP contribution in [0.15, 0.2) is 0 Å². The smallest absolute Gasteiger partial charge is 0.0969 e. The molecular weight excluding hydrogens is 182 g/mol. The first-order chi connectivity index (χ1) is 6.81. The minimum atomic E-state index is -0.332. The molecule has 2 rings (SSSR count). The second-order valence-corrected chi connectivity index (χ2v) is 4.17. The van der Waals surface area contributed by atoms with Crippen molar-refractivity contribution in [3.8, 4) is 0 Å². The molecule has 2 aliphatic heterocycles. The molecule has 1 N–H and O–H groups in total. The highest BCUT2D eigenvalue weighted by atomic mass is 16.5. The summed E-state index contributed by atoms with van der Waals surface area (Å²) in [6, 6.07) is 0.485. The van der Waals surface area contributed by atoms with E-state index in [1.807, 2.05) is 0 Å². The van der Waals surface area contributed by atoms with E-state index in [4.69, 9.17) is 9.47 Å². The zero-order valence-corrected chi connectivity index (χ0v) is 8.69. The molecule has 3 atom stereocenters. The summed E-state index contributed by atoms with van der Waals surface area (Å²) in [5, 5.41) is 9.68. The summed E-state index contributed by atoms with van der Waals surface area (Å²) < 4.78 is 10.6. The van der Waals surface area contributed by atoms with Gasteiger partial charge in [-0.2, -0.15) is 0 Å². The molecule has 2 heterocycles. The van der Waals surface area contributed by atoms with E-state index in [1.54, 1.807) is 7.11 Å². The van der Waals surface area contributed by atoms with Crippen molar-refractivity contribution in [1.82, 2.24) is 4.90 Å². The van der Waals surface area contributed by atoms with E-state index >= 15 is 0 Å². The standard InChI is InChI=1S/C10H19NO3/c1-13-10-6-11(5-9(10)12)8-3-2-4-14-7-8/h8-10,12H,2-7H2,1H3/t8?,9-,10-/m1/s1. The molecule has 4 nitrogen and oxygen atoms in total. The Morgan fingerprint density at radius 3 is 2.86 bits per heavy atom. The van der Waals surface area contributed by atoms with Gasteiger partial charge in [-0.1, -0.05) is 0 Å². The van der Waals surface area contributed by atoms with Crippen molar-refractivity contribution >= 4 is 0 Å². The van der Waals surface area contributed by atoms with Crippen LogP contribution < -0.4 is 0 Å². The predicted molar refractivity (Wildman–Crippen MR) is 52.2 cm³/mol. The van der Waals surface area contributed by atoms with E-state index in [9.17, 15) is 5.11 Å². The number of hydrogen-bond acceptors (Lipinski definition) is 4. The Bertz CT molecular complexity index is 182. The number of aliphatic hydroxyl groups is 1. The number of nitrogens with zero attached hydrogens (tertiary/aromatic N) is 1. The van der Waals surface area contributed by atoms with E-state index in [2.05, 4.69) is 4.90 Å². The summed E-state index contributed by atoms with van der Waals surface area (Å²) >= 11 is 0. The number of methoxy groups -OCH3 is 1. The van der Waals surface area contributed by atoms with Crippen LogP contribution >= 0.6 is 0 Å². The van der Waals surface area contributed by atoms with Crippen LogP contribution in [-0.2, 0) is 9.47 Å². The Hall–Kier alpha value is -0.160. The minimum Gasteiger partial charge on any atom is -0.389 e. The van der Waals surface area contributed by atoms with Crippen molar-refractivity contribution in [3.63, 3.8) is 0 Å². The van der Waals surface area contributed by atoms with Crippen molar-refractivity contribution in [1.29, 1.82) is 0 Å². The summed E-state index contributed by atoms with van der Waals surface area (Å²) in [6.07, 6.45) is 1.97. The van der Waals surface area contributed by atoms with Crippen LogP contribution in [0.3, 0.4) is 0 Å². The molecule has 2 saturated heterocycles. The molecule has 0 aromatic carbocycles. The topological polar surface area (TPSA) is 41.9 Å². The zero-order valence-electron chi connectivity index (χ0n) is 8.69. The lowest BCUT2D eigenvalue weighted by Crippen LogP contribution is -2.40. The predicted octanol–water partition coefficient (Wildman–Crippen LogP) is -0.143. The van der Waals surface area contributed by atoms with E-state index in [0.717, 1.165) is 32.7 Å². The first kappa shape index (κ1) is 10.4. The van der Waals surface area contributed by atoms with Gasteiger partial charge in [0.1, 0.15) is 0 Å². The SMILES string of the molecule is CO[C@@H]1CN(C2CCCOC2)C[C@H]1O. The fourth-order valence-corrected chi connectivity index (χ4v) is 2.33. The molecule has 0 radical (unpaired) electrons. The maximum absolute atomic E-state index is 9.68. The summed E-state index contributed by atoms with van der Waals surface area (Å²) in [7, 11) is 1.66. The van der Waals surface area contributed by atoms with Gasteiger partial charge in [-0.3, -0.25) is 4.90 Å². The molecule has 0 aliphatic carbocycles. The second-order valence-electron chi connectivity index (χ2n) is 4.17. The van der Waals surface area contributed by atoms with Gasteiger partial charge in [-0.15, -0.1) is 0 Å². The second kappa shape index (κ2) is 4.57. The quantitative estimate of drug-likeness (QED) is 0.675. The first-order valence-corrected chi connectivity index (χ1v) is 5.34. The Labute approximate surface area is 84.8 Å². The van der Waals surface area contributed by atoms with Gasteiger partial charge in [0.2, 0.25) is 0 Å². The average molecular weight is 201 g/mol. The van der Waals surface area contributed by atoms with Crippen molar-refractivity contribution in [2.45, 2.75) is 31.1 Å². The first-order valence-electron chi connectivity index (χ1n) is 5.34. The zero-order chi connectivity index (χ0) is 9.97. The third-order valence-corrected chi connectivity index (χ3v) is 3.22. The fraction of sp³-hybridized carbons (Fsp3) is 1.00. The van der Waals surface area contributed by atoms with Crippen LogP contribution in [-0.4, -0.2) is 61.7 Å². The van der Waals surface area contributed by atoms with Crippen LogP contribution in [0.1, 0.15) is 12.8 Å². The number of hydrogen-bond donors (Lipinski definition) is 1. The van der Waals surface area contributed by atoms with Gasteiger partial charge < -0.3 is 14.6 Å². The molecule has 2 aliphatic rings. The lowest BCUT2D eigenvalue weighted by atomic mass is 10.1. The highest BCUT2D eigenvalue weighted by Gasteiger charge is 2.35. The highest BCUT2D eigenvalue weighted by molar-refractivity contribution is 4.89. The molecule has 82 valence electrons. The molecule has 1 unspecified atom stereocenters. The number of aliphatic hydroxyl groups excluding tert-OH is 1. The van der Waals surface area contributed by atoms with E-state index < -0.39 is 0 Å². The van der Waals surface area contributed by atoms with Crippen molar-refractivity contribution in [2.75, 3.05) is 33.4 Å². The van der Waals surface area contributed by atoms with Crippen LogP contribution in [0.25, 0.3) is 0 Å². The molecule has 0 spiro atoms. The molecule has 2 fully saturated rings. The number of likely N-dealkylation sites (tertiary alicyclic amines) is 1. The number of ether oxygens (including phenoxy) is 2. The van der Waals surface area contributed by atoms with Crippen molar-refractivity contribution < 1.29 is 14.6 Å². The third kappa shape index (κ3) is 2.08. The number of rotatable bonds is 2. The Morgan fingerprint density at radius 1 is 1.43 bits per heavy atom. The van der Waals surface area contributed by atoms with E-state index in [0.29, 0.717) is 6.04 Å². The molecule has 0 aromatic rings. The monoisotopic (exact) mass is 201 g/mol. The summed E-state index contributed by atoms with van der Waals surface area (Å²) in [6.45, 7) is 3.27. The molecular formula is C10H19NO3. The molecule has 0 amide bonds. The van der Waals surface area contributed by atoms with Gasteiger partial charge in [-0.25, -0.2) is 0 Å². The van der Waals surface area contributed by atoms with Crippen LogP contribution in [0.2, 0.25) is 0 Å². The lowest BCUT2D eigenvalue weighted by Gasteiger charge is -2.30. The highest BCUT2D eigenvalue weighted by Crippen LogP contribution is 2.20. The third-order valence-electron chi connectivity index (χ3n) is 3.22. The summed E-state index contributed by atoms with van der Waals surface area (Å²) in [5.74, 6) is 0. The molecule has 14 heavy (non-hydrogen) atoms. The minimum absolute atomic E-state index is 0.0167. The number of β-amino-alcohol motifs (C(OH)–C–C–N with tert-alkyl or cyclic N) is 1. The molecule has 0 bridgehead atoms. The van der Waals surface area contributed by atoms with E-state index in [-0.39, 0.29) is 12.2 Å². The van der Waals surface area contributed by atoms with Crippen molar-refractivity contribution in [3.05, 3.63) is 0 Å². The van der Waals surface area contributed by atoms with Gasteiger partial charge in [0.15, 0.2) is 0 Å². The van der Waals surface area contributed by atoms with Gasteiger partial charge in [0, 0.05) is 32.8 Å². The Kier molecular flexibility index (Phi) is 3.38. The molecule has 4 heteroatoms. The van der Waals surface area contributed by atoms with Gasteiger partial charge in [0.05, 0.1) is 18.8 Å². The Balaban J connectivity index is 1.86. The van der Waals surface area contributed by atoms with Crippen LogP contribution in [0, 0.1) is 0 Å². The van der Waals surface area contributed by atoms with Crippen LogP contribution in [0.4, 0.5) is 0 Å². The maximum atomic E-state index is 9.68. The summed E-state index contributed by atoms with van der Waals surface area (Å²) in [4.78, 5) is 2.29. The average Bonchev–Trinajstić information content (AvgIpc) is 2.61. The van der Waals surface area contributed by atoms with Gasteiger partial charge in [0.25, 0.3) is 0 Å². The van der Waals surface area contributed by atoms with Gasteiger partial charge in [-0.05, 0) is 12.8 Å². The lowest BCUT2D eigenvalue weighted by molar-refractivity contribution is 0.0164. The fourth-order valence-electron chi connectivity index (χ4n) is 2.33. The molecule has 0 aromatic heterocycles. The summed E-state index contributed by atoms with van der Waals surface area (Å²) in [5.41, 5.74) is 0. The molecule has 0 saturated carbocycles. The Morgan fingerprint density at radius 2 is 2.29 bits per heavy atom. The maximum Gasteiger partial charge on any atom is 0.0969 e. The van der Waals surface area contributed by atoms with E-state index in [1.165, 1.54) is 6.42 Å². The normalized spacial score (nSPS) is 40.3. The largest absolute Gasteiger partial charge is 0.389 e.